The van der Waals surface area contributed by atoms with Crippen molar-refractivity contribution < 1.29 is 31.7 Å². The van der Waals surface area contributed by atoms with Crippen LogP contribution in [0.1, 0.15) is 50.5 Å². The number of rotatable bonds is 13. The average Bonchev–Trinajstić information content (AvgIpc) is 2.94. The van der Waals surface area contributed by atoms with Crippen LogP contribution in [0.25, 0.3) is 0 Å². The lowest BCUT2D eigenvalue weighted by Crippen LogP contribution is -2.73. The minimum Gasteiger partial charge on any atom is -0.493 e. The number of anilines is 1. The summed E-state index contributed by atoms with van der Waals surface area (Å²) >= 11 is 5.88. The highest BCUT2D eigenvalue weighted by molar-refractivity contribution is 7.85. The molecule has 44 heavy (non-hydrogen) atoms. The second kappa shape index (κ2) is 13.9. The number of aromatic nitrogens is 2. The van der Waals surface area contributed by atoms with Crippen LogP contribution in [0.5, 0.6) is 5.75 Å². The number of amides is 2. The molecule has 1 spiro atoms. The van der Waals surface area contributed by atoms with E-state index in [4.69, 9.17) is 20.9 Å². The van der Waals surface area contributed by atoms with Crippen molar-refractivity contribution in [3.8, 4) is 5.75 Å². The molecular weight excluding hydrogens is 613 g/mol. The first-order chi connectivity index (χ1) is 21.0. The summed E-state index contributed by atoms with van der Waals surface area (Å²) < 4.78 is 50.9. The lowest BCUT2D eigenvalue weighted by atomic mass is 9.72. The summed E-state index contributed by atoms with van der Waals surface area (Å²) in [6.07, 6.45) is 8.07. The lowest BCUT2D eigenvalue weighted by Gasteiger charge is -2.60. The Morgan fingerprint density at radius 1 is 1.02 bits per heavy atom. The maximum Gasteiger partial charge on any atom is 0.264 e. The molecule has 4 heterocycles. The molecule has 0 unspecified atom stereocenters. The molecule has 1 aromatic carbocycles. The van der Waals surface area contributed by atoms with Crippen LogP contribution < -0.4 is 9.64 Å². The molecule has 11 nitrogen and oxygen atoms in total. The van der Waals surface area contributed by atoms with Crippen molar-refractivity contribution in [1.82, 2.24) is 19.8 Å². The lowest BCUT2D eigenvalue weighted by molar-refractivity contribution is -0.168. The highest BCUT2D eigenvalue weighted by Gasteiger charge is 2.54. The Kier molecular flexibility index (Phi) is 10.3. The molecule has 1 N–H and O–H groups in total. The van der Waals surface area contributed by atoms with Gasteiger partial charge in [0, 0.05) is 57.2 Å². The summed E-state index contributed by atoms with van der Waals surface area (Å²) in [7, 11) is -4.00. The molecule has 3 aliphatic rings. The van der Waals surface area contributed by atoms with Crippen molar-refractivity contribution in [2.24, 2.45) is 11.3 Å². The van der Waals surface area contributed by atoms with E-state index < -0.39 is 15.9 Å². The second-order valence-electron chi connectivity index (χ2n) is 12.3. The molecule has 3 aliphatic heterocycles. The Balaban J connectivity index is 0.952. The molecule has 5 rings (SSSR count). The van der Waals surface area contributed by atoms with E-state index >= 15 is 0 Å². The third-order valence-electron chi connectivity index (χ3n) is 8.75. The fraction of sp³-hybridized carbons (Fsp3) is 0.600. The zero-order valence-electron chi connectivity index (χ0n) is 24.7. The molecule has 1 aromatic heterocycles. The van der Waals surface area contributed by atoms with Crippen LogP contribution in [0.3, 0.4) is 0 Å². The van der Waals surface area contributed by atoms with Crippen molar-refractivity contribution in [2.45, 2.75) is 51.4 Å². The van der Waals surface area contributed by atoms with Gasteiger partial charge >= 0.3 is 0 Å². The molecule has 2 aromatic rings. The van der Waals surface area contributed by atoms with E-state index in [9.17, 15) is 22.4 Å². The quantitative estimate of drug-likeness (QED) is 0.255. The van der Waals surface area contributed by atoms with E-state index in [-0.39, 0.29) is 42.2 Å². The van der Waals surface area contributed by atoms with Crippen LogP contribution in [0.4, 0.5) is 10.3 Å². The number of carbonyl (C=O) groups excluding carboxylic acids is 2. The van der Waals surface area contributed by atoms with Crippen LogP contribution in [0, 0.1) is 17.2 Å². The maximum absolute atomic E-state index is 14.8. The van der Waals surface area contributed by atoms with E-state index in [2.05, 4.69) is 14.9 Å². The van der Waals surface area contributed by atoms with Crippen molar-refractivity contribution in [3.63, 3.8) is 0 Å². The van der Waals surface area contributed by atoms with Crippen LogP contribution in [-0.4, -0.2) is 96.2 Å². The highest BCUT2D eigenvalue weighted by Crippen LogP contribution is 2.40. The third kappa shape index (κ3) is 8.57. The van der Waals surface area contributed by atoms with Crippen molar-refractivity contribution in [2.75, 3.05) is 56.5 Å². The normalized spacial score (nSPS) is 18.2. The van der Waals surface area contributed by atoms with Gasteiger partial charge in [0.05, 0.1) is 36.2 Å². The van der Waals surface area contributed by atoms with Gasteiger partial charge in [-0.2, -0.15) is 8.42 Å². The fourth-order valence-electron chi connectivity index (χ4n) is 6.29. The molecule has 3 fully saturated rings. The minimum absolute atomic E-state index is 0.0294. The van der Waals surface area contributed by atoms with Crippen molar-refractivity contribution >= 4 is 39.5 Å². The monoisotopic (exact) mass is 651 g/mol. The first kappa shape index (κ1) is 32.4. The van der Waals surface area contributed by atoms with Crippen molar-refractivity contribution in [1.29, 1.82) is 0 Å². The van der Waals surface area contributed by atoms with Gasteiger partial charge in [-0.25, -0.2) is 14.4 Å². The Morgan fingerprint density at radius 3 is 2.32 bits per heavy atom. The summed E-state index contributed by atoms with van der Waals surface area (Å²) in [5, 5.41) is 0.527. The molecule has 14 heteroatoms. The van der Waals surface area contributed by atoms with Gasteiger partial charge in [0.25, 0.3) is 10.1 Å². The van der Waals surface area contributed by atoms with E-state index in [1.54, 1.807) is 34.3 Å². The third-order valence-corrected chi connectivity index (χ3v) is 9.75. The SMILES string of the molecule is O=C(CCCCS(=O)(=O)O)N1CC2(C1)CN(C(=O)Cc1ccc(OCCCC3CCN(c4ncc(Cl)cn4)CC3)cc1F)C2. The molecule has 2 amide bonds. The summed E-state index contributed by atoms with van der Waals surface area (Å²) in [6, 6.07) is 4.66. The molecule has 240 valence electrons. The zero-order valence-corrected chi connectivity index (χ0v) is 26.2. The number of likely N-dealkylation sites (tertiary alicyclic amines) is 2. The number of halogens is 2. The molecule has 0 radical (unpaired) electrons. The van der Waals surface area contributed by atoms with Gasteiger partial charge in [-0.05, 0) is 56.1 Å². The minimum atomic E-state index is -4.00. The van der Waals surface area contributed by atoms with Gasteiger partial charge in [-0.1, -0.05) is 17.7 Å². The summed E-state index contributed by atoms with van der Waals surface area (Å²) in [6.45, 7) is 4.50. The molecule has 0 saturated carbocycles. The van der Waals surface area contributed by atoms with Gasteiger partial charge in [-0.3, -0.25) is 14.1 Å². The number of carbonyl (C=O) groups is 2. The maximum atomic E-state index is 14.8. The van der Waals surface area contributed by atoms with E-state index in [1.165, 1.54) is 6.07 Å². The predicted octanol–water partition coefficient (Wildman–Crippen LogP) is 3.62. The van der Waals surface area contributed by atoms with Gasteiger partial charge in [0.15, 0.2) is 0 Å². The van der Waals surface area contributed by atoms with Crippen LogP contribution in [0.15, 0.2) is 30.6 Å². The zero-order chi connectivity index (χ0) is 31.3. The number of hydrogen-bond donors (Lipinski definition) is 1. The van der Waals surface area contributed by atoms with E-state index in [0.717, 1.165) is 38.8 Å². The van der Waals surface area contributed by atoms with Crippen molar-refractivity contribution in [3.05, 3.63) is 47.0 Å². The number of nitrogens with zero attached hydrogens (tertiary/aromatic N) is 5. The van der Waals surface area contributed by atoms with E-state index in [1.807, 2.05) is 0 Å². The Morgan fingerprint density at radius 2 is 1.68 bits per heavy atom. The number of hydrogen-bond acceptors (Lipinski definition) is 8. The number of ether oxygens (including phenoxy) is 1. The van der Waals surface area contributed by atoms with Gasteiger partial charge in [0.1, 0.15) is 11.6 Å². The predicted molar refractivity (Wildman–Crippen MR) is 163 cm³/mol. The first-order valence-corrected chi connectivity index (χ1v) is 17.1. The first-order valence-electron chi connectivity index (χ1n) is 15.1. The molecule has 3 saturated heterocycles. The van der Waals surface area contributed by atoms with Gasteiger partial charge in [0.2, 0.25) is 17.8 Å². The largest absolute Gasteiger partial charge is 0.493 e. The molecular formula is C30H39ClFN5O6S. The Bertz CT molecular complexity index is 1420. The smallest absolute Gasteiger partial charge is 0.264 e. The number of benzene rings is 1. The summed E-state index contributed by atoms with van der Waals surface area (Å²) in [4.78, 5) is 39.2. The molecule has 0 aliphatic carbocycles. The summed E-state index contributed by atoms with van der Waals surface area (Å²) in [5.74, 6) is 0.759. The summed E-state index contributed by atoms with van der Waals surface area (Å²) in [5.41, 5.74) is 0.230. The Hall–Kier alpha value is -3.03. The number of unbranched alkanes of at least 4 members (excludes halogenated alkanes) is 1. The van der Waals surface area contributed by atoms with Gasteiger partial charge in [-0.15, -0.1) is 0 Å². The second-order valence-corrected chi connectivity index (χ2v) is 14.3. The van der Waals surface area contributed by atoms with Crippen LogP contribution in [-0.2, 0) is 26.1 Å². The molecule has 0 bridgehead atoms. The van der Waals surface area contributed by atoms with Crippen LogP contribution >= 0.6 is 11.6 Å². The standard InChI is InChI=1S/C30H39ClFN5O6S/c31-24-16-33-29(34-17-24)35-10-8-22(9-11-35)4-3-12-43-25-7-6-23(26(32)15-25)14-28(39)37-20-30(21-37)18-36(19-30)27(38)5-1-2-13-44(40,41)42/h6-7,15-17,22H,1-5,8-14,18-21H2,(H,40,41,42). The average molecular weight is 652 g/mol. The highest BCUT2D eigenvalue weighted by atomic mass is 35.5. The molecule has 0 atom stereocenters. The Labute approximate surface area is 262 Å². The number of piperidine rings is 1. The topological polar surface area (TPSA) is 133 Å². The fourth-order valence-corrected chi connectivity index (χ4v) is 6.95. The van der Waals surface area contributed by atoms with Crippen LogP contribution in [0.2, 0.25) is 5.02 Å². The van der Waals surface area contributed by atoms with E-state index in [0.29, 0.717) is 67.4 Å². The van der Waals surface area contributed by atoms with Gasteiger partial charge < -0.3 is 19.4 Å².